The van der Waals surface area contributed by atoms with E-state index in [1.54, 1.807) is 24.3 Å². The highest BCUT2D eigenvalue weighted by Crippen LogP contribution is 2.12. The highest BCUT2D eigenvalue weighted by Gasteiger charge is 2.04. The van der Waals surface area contributed by atoms with E-state index in [-0.39, 0.29) is 19.2 Å². The highest BCUT2D eigenvalue weighted by atomic mass is 17.2. The van der Waals surface area contributed by atoms with Crippen LogP contribution in [0.1, 0.15) is 10.4 Å². The van der Waals surface area contributed by atoms with Gasteiger partial charge >= 0.3 is 11.9 Å². The fraction of sp³-hybridized carbons (Fsp3) is 0.412. The maximum Gasteiger partial charge on any atom is 0.365 e. The van der Waals surface area contributed by atoms with Crippen LogP contribution in [0, 0.1) is 0 Å². The van der Waals surface area contributed by atoms with Crippen LogP contribution in [0.15, 0.2) is 36.9 Å². The first-order chi connectivity index (χ1) is 12.2. The summed E-state index contributed by atoms with van der Waals surface area (Å²) in [4.78, 5) is 30.8. The molecule has 1 rings (SSSR count). The summed E-state index contributed by atoms with van der Waals surface area (Å²) in [6, 6.07) is 6.64. The van der Waals surface area contributed by atoms with Crippen molar-refractivity contribution in [3.05, 3.63) is 42.5 Å². The van der Waals surface area contributed by atoms with E-state index in [0.717, 1.165) is 6.08 Å². The molecule has 0 spiro atoms. The molecule has 1 aromatic carbocycles. The van der Waals surface area contributed by atoms with Gasteiger partial charge in [0.25, 0.3) is 0 Å². The molecule has 0 bridgehead atoms. The van der Waals surface area contributed by atoms with Crippen molar-refractivity contribution in [2.75, 3.05) is 46.8 Å². The third-order valence-corrected chi connectivity index (χ3v) is 2.76. The fourth-order valence-corrected chi connectivity index (χ4v) is 1.57. The van der Waals surface area contributed by atoms with Crippen LogP contribution < -0.4 is 4.74 Å². The van der Waals surface area contributed by atoms with Gasteiger partial charge in [-0.2, -0.15) is 4.89 Å². The smallest absolute Gasteiger partial charge is 0.365 e. The Bertz CT molecular complexity index is 526. The zero-order valence-electron chi connectivity index (χ0n) is 14.1. The summed E-state index contributed by atoms with van der Waals surface area (Å²) in [5.74, 6) is -0.402. The molecular formula is C17H22O8. The predicted octanol–water partition coefficient (Wildman–Crippen LogP) is 1.55. The lowest BCUT2D eigenvalue weighted by molar-refractivity contribution is -0.271. The van der Waals surface area contributed by atoms with E-state index in [2.05, 4.69) is 21.1 Å². The summed E-state index contributed by atoms with van der Waals surface area (Å²) in [6.07, 6.45) is 1.00. The van der Waals surface area contributed by atoms with Gasteiger partial charge in [-0.05, 0) is 24.3 Å². The lowest BCUT2D eigenvalue weighted by Gasteiger charge is -2.08. The summed E-state index contributed by atoms with van der Waals surface area (Å²) in [5.41, 5.74) is 0.464. The van der Waals surface area contributed by atoms with Gasteiger partial charge in [0.05, 0.1) is 39.1 Å². The van der Waals surface area contributed by atoms with Gasteiger partial charge in [0, 0.05) is 6.08 Å². The molecule has 0 aliphatic rings. The van der Waals surface area contributed by atoms with E-state index < -0.39 is 5.97 Å². The van der Waals surface area contributed by atoms with Crippen LogP contribution in [0.3, 0.4) is 0 Å². The van der Waals surface area contributed by atoms with Gasteiger partial charge in [0.15, 0.2) is 0 Å². The minimum absolute atomic E-state index is 0.129. The van der Waals surface area contributed by atoms with Gasteiger partial charge in [0.2, 0.25) is 0 Å². The van der Waals surface area contributed by atoms with Crippen molar-refractivity contribution in [3.8, 4) is 5.75 Å². The molecule has 0 aliphatic heterocycles. The Balaban J connectivity index is 1.96. The van der Waals surface area contributed by atoms with Crippen molar-refractivity contribution in [3.63, 3.8) is 0 Å². The van der Waals surface area contributed by atoms with E-state index in [1.165, 1.54) is 7.11 Å². The van der Waals surface area contributed by atoms with Gasteiger partial charge in [-0.1, -0.05) is 6.58 Å². The van der Waals surface area contributed by atoms with Gasteiger partial charge in [-0.25, -0.2) is 9.59 Å². The van der Waals surface area contributed by atoms with Crippen LogP contribution in [0.4, 0.5) is 0 Å². The molecule has 0 aliphatic carbocycles. The van der Waals surface area contributed by atoms with Crippen molar-refractivity contribution in [1.29, 1.82) is 0 Å². The van der Waals surface area contributed by atoms with Gasteiger partial charge in [0.1, 0.15) is 19.0 Å². The number of hydrogen-bond acceptors (Lipinski definition) is 8. The second-order valence-electron chi connectivity index (χ2n) is 4.52. The third-order valence-electron chi connectivity index (χ3n) is 2.76. The van der Waals surface area contributed by atoms with E-state index >= 15 is 0 Å². The zero-order valence-corrected chi connectivity index (χ0v) is 14.1. The Morgan fingerprint density at radius 3 is 2.16 bits per heavy atom. The van der Waals surface area contributed by atoms with Crippen molar-refractivity contribution < 1.29 is 38.3 Å². The lowest BCUT2D eigenvalue weighted by atomic mass is 10.2. The quantitative estimate of drug-likeness (QED) is 0.173. The Labute approximate surface area is 146 Å². The largest absolute Gasteiger partial charge is 0.491 e. The van der Waals surface area contributed by atoms with Gasteiger partial charge in [-0.3, -0.25) is 4.89 Å². The fourth-order valence-electron chi connectivity index (χ4n) is 1.57. The number of hydrogen-bond donors (Lipinski definition) is 0. The molecule has 0 saturated carbocycles. The highest BCUT2D eigenvalue weighted by molar-refractivity contribution is 5.89. The number of benzene rings is 1. The van der Waals surface area contributed by atoms with Crippen molar-refractivity contribution in [2.45, 2.75) is 0 Å². The molecule has 0 unspecified atom stereocenters. The standard InChI is InChI=1S/C17H22O8/c1-3-16(18)25-24-13-11-22-9-8-21-10-12-23-15-6-4-14(5-7-15)17(19)20-2/h3-7H,1,8-13H2,2H3. The molecule has 0 fully saturated rings. The molecule has 8 heteroatoms. The Morgan fingerprint density at radius 1 is 0.960 bits per heavy atom. The number of ether oxygens (including phenoxy) is 4. The van der Waals surface area contributed by atoms with E-state index in [0.29, 0.717) is 37.7 Å². The van der Waals surface area contributed by atoms with Crippen LogP contribution in [0.2, 0.25) is 0 Å². The molecule has 0 aromatic heterocycles. The monoisotopic (exact) mass is 354 g/mol. The molecule has 0 heterocycles. The molecule has 0 atom stereocenters. The average molecular weight is 354 g/mol. The first-order valence-corrected chi connectivity index (χ1v) is 7.60. The lowest BCUT2D eigenvalue weighted by Crippen LogP contribution is -2.13. The first-order valence-electron chi connectivity index (χ1n) is 7.60. The first kappa shape index (κ1) is 20.6. The van der Waals surface area contributed by atoms with Crippen molar-refractivity contribution >= 4 is 11.9 Å². The van der Waals surface area contributed by atoms with E-state index in [4.69, 9.17) is 14.2 Å². The summed E-state index contributed by atoms with van der Waals surface area (Å²) in [5, 5.41) is 0. The SMILES string of the molecule is C=CC(=O)OOCCOCCOCCOc1ccc(C(=O)OC)cc1. The molecule has 138 valence electrons. The van der Waals surface area contributed by atoms with Crippen molar-refractivity contribution in [2.24, 2.45) is 0 Å². The summed E-state index contributed by atoms with van der Waals surface area (Å²) in [6.45, 7) is 5.18. The number of esters is 1. The van der Waals surface area contributed by atoms with Gasteiger partial charge in [-0.15, -0.1) is 0 Å². The summed E-state index contributed by atoms with van der Waals surface area (Å²) in [7, 11) is 1.33. The minimum atomic E-state index is -0.650. The van der Waals surface area contributed by atoms with Crippen LogP contribution >= 0.6 is 0 Å². The minimum Gasteiger partial charge on any atom is -0.491 e. The average Bonchev–Trinajstić information content (AvgIpc) is 2.65. The van der Waals surface area contributed by atoms with E-state index in [1.807, 2.05) is 0 Å². The van der Waals surface area contributed by atoms with Crippen LogP contribution in [0.5, 0.6) is 5.75 Å². The second-order valence-corrected chi connectivity index (χ2v) is 4.52. The Morgan fingerprint density at radius 2 is 1.56 bits per heavy atom. The molecule has 1 aromatic rings. The Kier molecular flexibility index (Phi) is 10.7. The second kappa shape index (κ2) is 12.9. The van der Waals surface area contributed by atoms with Crippen LogP contribution in [0.25, 0.3) is 0 Å². The molecule has 0 N–H and O–H groups in total. The number of rotatable bonds is 13. The third kappa shape index (κ3) is 9.46. The topological polar surface area (TPSA) is 89.5 Å². The Hall–Kier alpha value is -2.42. The maximum absolute atomic E-state index is 11.3. The van der Waals surface area contributed by atoms with Gasteiger partial charge < -0.3 is 18.9 Å². The number of carbonyl (C=O) groups excluding carboxylic acids is 2. The molecule has 0 saturated heterocycles. The van der Waals surface area contributed by atoms with Crippen molar-refractivity contribution in [1.82, 2.24) is 0 Å². The molecule has 8 nitrogen and oxygen atoms in total. The maximum atomic E-state index is 11.3. The molecular weight excluding hydrogens is 332 g/mol. The summed E-state index contributed by atoms with van der Waals surface area (Å²) >= 11 is 0. The molecule has 0 radical (unpaired) electrons. The molecule has 0 amide bonds. The number of carbonyl (C=O) groups is 2. The van der Waals surface area contributed by atoms with Crippen LogP contribution in [-0.2, 0) is 28.8 Å². The number of methoxy groups -OCH3 is 1. The summed E-state index contributed by atoms with van der Waals surface area (Å²) < 4.78 is 20.6. The zero-order chi connectivity index (χ0) is 18.3. The van der Waals surface area contributed by atoms with Crippen LogP contribution in [-0.4, -0.2) is 58.7 Å². The molecule has 25 heavy (non-hydrogen) atoms. The van der Waals surface area contributed by atoms with E-state index in [9.17, 15) is 9.59 Å². The predicted molar refractivity (Wildman–Crippen MR) is 87.2 cm³/mol. The normalized spacial score (nSPS) is 10.1.